The van der Waals surface area contributed by atoms with E-state index in [-0.39, 0.29) is 5.91 Å². The third-order valence-electron chi connectivity index (χ3n) is 4.77. The van der Waals surface area contributed by atoms with Crippen LogP contribution in [-0.4, -0.2) is 51.5 Å². The Bertz CT molecular complexity index is 761. The number of hydrogen-bond donors (Lipinski definition) is 2. The molecule has 0 saturated carbocycles. The predicted octanol–water partition coefficient (Wildman–Crippen LogP) is 2.15. The quantitative estimate of drug-likeness (QED) is 0.716. The Labute approximate surface area is 165 Å². The summed E-state index contributed by atoms with van der Waals surface area (Å²) in [5.74, 6) is 1.02. The second-order valence-corrected chi connectivity index (χ2v) is 7.41. The van der Waals surface area contributed by atoms with Gasteiger partial charge < -0.3 is 19.9 Å². The fourth-order valence-electron chi connectivity index (χ4n) is 3.41. The zero-order valence-corrected chi connectivity index (χ0v) is 16.8. The van der Waals surface area contributed by atoms with Crippen LogP contribution in [0.1, 0.15) is 6.92 Å². The fraction of sp³-hybridized carbons (Fsp3) is 0.381. The highest BCUT2D eigenvalue weighted by Gasteiger charge is 2.24. The van der Waals surface area contributed by atoms with Gasteiger partial charge in [0.05, 0.1) is 44.2 Å². The first-order valence-corrected chi connectivity index (χ1v) is 10.7. The zero-order valence-electron chi connectivity index (χ0n) is 16.0. The SMILES string of the molecule is CCOc1ccccc1N1CC[NH+](CC(=O)Nc2ccccc2SC)CC1. The van der Waals surface area contributed by atoms with Gasteiger partial charge in [0, 0.05) is 4.90 Å². The lowest BCUT2D eigenvalue weighted by atomic mass is 10.2. The Hall–Kier alpha value is -2.18. The Morgan fingerprint density at radius 3 is 2.59 bits per heavy atom. The maximum absolute atomic E-state index is 12.5. The molecule has 6 heteroatoms. The molecule has 0 aliphatic carbocycles. The van der Waals surface area contributed by atoms with Crippen molar-refractivity contribution in [2.75, 3.05) is 55.8 Å². The molecule has 0 atom stereocenters. The first-order chi connectivity index (χ1) is 13.2. The van der Waals surface area contributed by atoms with E-state index in [0.29, 0.717) is 13.2 Å². The number of anilines is 2. The van der Waals surface area contributed by atoms with Gasteiger partial charge in [-0.2, -0.15) is 0 Å². The summed E-state index contributed by atoms with van der Waals surface area (Å²) in [5.41, 5.74) is 2.05. The van der Waals surface area contributed by atoms with Crippen molar-refractivity contribution in [1.29, 1.82) is 0 Å². The molecule has 0 bridgehead atoms. The zero-order chi connectivity index (χ0) is 19.1. The minimum Gasteiger partial charge on any atom is -0.492 e. The molecule has 27 heavy (non-hydrogen) atoms. The molecule has 1 heterocycles. The van der Waals surface area contributed by atoms with Crippen molar-refractivity contribution in [3.8, 4) is 5.75 Å². The molecule has 1 aliphatic rings. The van der Waals surface area contributed by atoms with Crippen LogP contribution in [-0.2, 0) is 4.79 Å². The average Bonchev–Trinajstić information content (AvgIpc) is 2.70. The minimum absolute atomic E-state index is 0.0784. The normalized spacial score (nSPS) is 14.8. The van der Waals surface area contributed by atoms with Gasteiger partial charge in [0.1, 0.15) is 5.75 Å². The molecular weight excluding hydrogens is 358 g/mol. The van der Waals surface area contributed by atoms with E-state index in [9.17, 15) is 4.79 Å². The van der Waals surface area contributed by atoms with Gasteiger partial charge >= 0.3 is 0 Å². The molecule has 0 spiro atoms. The van der Waals surface area contributed by atoms with E-state index in [1.165, 1.54) is 4.90 Å². The molecule has 0 radical (unpaired) electrons. The van der Waals surface area contributed by atoms with Crippen molar-refractivity contribution < 1.29 is 14.4 Å². The monoisotopic (exact) mass is 386 g/mol. The van der Waals surface area contributed by atoms with Crippen molar-refractivity contribution in [3.05, 3.63) is 48.5 Å². The Morgan fingerprint density at radius 2 is 1.85 bits per heavy atom. The van der Waals surface area contributed by atoms with Crippen molar-refractivity contribution in [3.63, 3.8) is 0 Å². The lowest BCUT2D eigenvalue weighted by Gasteiger charge is -2.34. The van der Waals surface area contributed by atoms with Crippen molar-refractivity contribution in [2.45, 2.75) is 11.8 Å². The molecule has 0 unspecified atom stereocenters. The van der Waals surface area contributed by atoms with Gasteiger partial charge in [-0.15, -0.1) is 11.8 Å². The van der Waals surface area contributed by atoms with Gasteiger partial charge in [0.25, 0.3) is 5.91 Å². The summed E-state index contributed by atoms with van der Waals surface area (Å²) in [6, 6.07) is 16.1. The molecule has 2 aromatic rings. The largest absolute Gasteiger partial charge is 0.492 e. The van der Waals surface area contributed by atoms with Crippen LogP contribution in [0.5, 0.6) is 5.75 Å². The molecule has 1 aliphatic heterocycles. The van der Waals surface area contributed by atoms with E-state index in [1.807, 2.05) is 55.6 Å². The van der Waals surface area contributed by atoms with E-state index >= 15 is 0 Å². The van der Waals surface area contributed by atoms with E-state index in [0.717, 1.165) is 48.2 Å². The van der Waals surface area contributed by atoms with Gasteiger partial charge in [0.2, 0.25) is 0 Å². The summed E-state index contributed by atoms with van der Waals surface area (Å²) in [6.45, 7) is 6.91. The molecule has 5 nitrogen and oxygen atoms in total. The van der Waals surface area contributed by atoms with Crippen LogP contribution in [0.4, 0.5) is 11.4 Å². The molecular formula is C21H28N3O2S+. The van der Waals surface area contributed by atoms with Crippen LogP contribution in [0, 0.1) is 0 Å². The summed E-state index contributed by atoms with van der Waals surface area (Å²) in [4.78, 5) is 17.2. The Kier molecular flexibility index (Phi) is 7.01. The fourth-order valence-corrected chi connectivity index (χ4v) is 3.96. The van der Waals surface area contributed by atoms with Gasteiger partial charge in [0.15, 0.2) is 6.54 Å². The molecule has 144 valence electrons. The highest BCUT2D eigenvalue weighted by atomic mass is 32.2. The highest BCUT2D eigenvalue weighted by molar-refractivity contribution is 7.98. The summed E-state index contributed by atoms with van der Waals surface area (Å²) in [5, 5.41) is 3.06. The number of thioether (sulfide) groups is 1. The van der Waals surface area contributed by atoms with Crippen LogP contribution in [0.2, 0.25) is 0 Å². The summed E-state index contributed by atoms with van der Waals surface area (Å²) < 4.78 is 5.76. The van der Waals surface area contributed by atoms with Gasteiger partial charge in [-0.05, 0) is 37.4 Å². The maximum atomic E-state index is 12.5. The number of nitrogens with zero attached hydrogens (tertiary/aromatic N) is 1. The number of benzene rings is 2. The van der Waals surface area contributed by atoms with E-state index in [1.54, 1.807) is 11.8 Å². The number of carbonyl (C=O) groups is 1. The molecule has 1 fully saturated rings. The Balaban J connectivity index is 1.53. The second-order valence-electron chi connectivity index (χ2n) is 6.56. The topological polar surface area (TPSA) is 46.0 Å². The molecule has 3 rings (SSSR count). The summed E-state index contributed by atoms with van der Waals surface area (Å²) in [6.07, 6.45) is 2.02. The highest BCUT2D eigenvalue weighted by Crippen LogP contribution is 2.28. The number of amides is 1. The Morgan fingerprint density at radius 1 is 1.15 bits per heavy atom. The van der Waals surface area contributed by atoms with Crippen LogP contribution in [0.25, 0.3) is 0 Å². The van der Waals surface area contributed by atoms with E-state index < -0.39 is 0 Å². The van der Waals surface area contributed by atoms with Crippen molar-refractivity contribution in [1.82, 2.24) is 0 Å². The molecule has 1 saturated heterocycles. The first-order valence-electron chi connectivity index (χ1n) is 9.44. The van der Waals surface area contributed by atoms with Gasteiger partial charge in [-0.3, -0.25) is 4.79 Å². The van der Waals surface area contributed by atoms with Crippen molar-refractivity contribution >= 4 is 29.0 Å². The molecule has 2 aromatic carbocycles. The molecule has 2 N–H and O–H groups in total. The van der Waals surface area contributed by atoms with Gasteiger partial charge in [-0.1, -0.05) is 24.3 Å². The molecule has 1 amide bonds. The number of rotatable bonds is 7. The number of carbonyl (C=O) groups excluding carboxylic acids is 1. The third kappa shape index (κ3) is 5.17. The second kappa shape index (κ2) is 9.67. The van der Waals surface area contributed by atoms with E-state index in [2.05, 4.69) is 16.3 Å². The van der Waals surface area contributed by atoms with Crippen LogP contribution >= 0.6 is 11.8 Å². The van der Waals surface area contributed by atoms with Gasteiger partial charge in [-0.25, -0.2) is 0 Å². The third-order valence-corrected chi connectivity index (χ3v) is 5.56. The smallest absolute Gasteiger partial charge is 0.279 e. The number of nitrogens with one attached hydrogen (secondary N) is 2. The lowest BCUT2D eigenvalue weighted by molar-refractivity contribution is -0.892. The first kappa shape index (κ1) is 19.6. The van der Waals surface area contributed by atoms with Crippen molar-refractivity contribution in [2.24, 2.45) is 0 Å². The summed E-state index contributed by atoms with van der Waals surface area (Å²) >= 11 is 1.65. The van der Waals surface area contributed by atoms with Crippen LogP contribution in [0.3, 0.4) is 0 Å². The number of piperazine rings is 1. The lowest BCUT2D eigenvalue weighted by Crippen LogP contribution is -3.15. The number of quaternary nitrogens is 1. The number of ether oxygens (including phenoxy) is 1. The molecule has 0 aromatic heterocycles. The average molecular weight is 387 g/mol. The minimum atomic E-state index is 0.0784. The number of hydrogen-bond acceptors (Lipinski definition) is 4. The van der Waals surface area contributed by atoms with Crippen LogP contribution < -0.4 is 19.9 Å². The van der Waals surface area contributed by atoms with Crippen LogP contribution in [0.15, 0.2) is 53.4 Å². The summed E-state index contributed by atoms with van der Waals surface area (Å²) in [7, 11) is 0. The standard InChI is InChI=1S/C21H27N3O2S/c1-3-26-19-10-6-5-9-18(19)24-14-12-23(13-15-24)16-21(25)22-17-8-4-7-11-20(17)27-2/h4-11H,3,12-16H2,1-2H3,(H,22,25)/p+1. The van der Waals surface area contributed by atoms with E-state index in [4.69, 9.17) is 4.74 Å². The number of para-hydroxylation sites is 3. The predicted molar refractivity (Wildman–Crippen MR) is 112 cm³/mol. The maximum Gasteiger partial charge on any atom is 0.279 e.